The standard InChI is InChI=1S/C13H15NO3S/c1-2-13(9-18-12(16)14-13)11(15)17-8-10-6-4-3-5-7-10/h3-7H,2,8-9H2,1H3,(H,14,16)/t13-/m1/s1. The number of carbonyl (C=O) groups excluding carboxylic acids is 2. The monoisotopic (exact) mass is 265 g/mol. The lowest BCUT2D eigenvalue weighted by atomic mass is 9.99. The van der Waals surface area contributed by atoms with Gasteiger partial charge in [-0.1, -0.05) is 49.0 Å². The van der Waals surface area contributed by atoms with Crippen molar-refractivity contribution in [3.8, 4) is 0 Å². The predicted molar refractivity (Wildman–Crippen MR) is 70.2 cm³/mol. The van der Waals surface area contributed by atoms with Crippen molar-refractivity contribution in [3.63, 3.8) is 0 Å². The van der Waals surface area contributed by atoms with Crippen LogP contribution in [-0.4, -0.2) is 22.5 Å². The highest BCUT2D eigenvalue weighted by atomic mass is 32.2. The van der Waals surface area contributed by atoms with E-state index in [-0.39, 0.29) is 17.8 Å². The van der Waals surface area contributed by atoms with E-state index >= 15 is 0 Å². The highest BCUT2D eigenvalue weighted by Crippen LogP contribution is 2.27. The number of benzene rings is 1. The van der Waals surface area contributed by atoms with Crippen LogP contribution in [0.4, 0.5) is 4.79 Å². The molecule has 1 amide bonds. The molecule has 1 aliphatic heterocycles. The van der Waals surface area contributed by atoms with E-state index in [0.29, 0.717) is 12.2 Å². The Balaban J connectivity index is 1.97. The summed E-state index contributed by atoms with van der Waals surface area (Å²) in [6, 6.07) is 9.49. The largest absolute Gasteiger partial charge is 0.459 e. The zero-order valence-electron chi connectivity index (χ0n) is 10.1. The Kier molecular flexibility index (Phi) is 3.91. The van der Waals surface area contributed by atoms with Gasteiger partial charge in [-0.15, -0.1) is 0 Å². The minimum atomic E-state index is -0.851. The third-order valence-electron chi connectivity index (χ3n) is 3.00. The summed E-state index contributed by atoms with van der Waals surface area (Å²) in [5.41, 5.74) is 0.0883. The molecular formula is C13H15NO3S. The molecule has 0 spiro atoms. The highest BCUT2D eigenvalue weighted by molar-refractivity contribution is 8.14. The van der Waals surface area contributed by atoms with Gasteiger partial charge in [-0.3, -0.25) is 4.79 Å². The first kappa shape index (κ1) is 13.0. The molecule has 5 heteroatoms. The Morgan fingerprint density at radius 2 is 2.17 bits per heavy atom. The number of hydrogen-bond acceptors (Lipinski definition) is 4. The Hall–Kier alpha value is -1.49. The first-order chi connectivity index (χ1) is 8.66. The van der Waals surface area contributed by atoms with Crippen molar-refractivity contribution >= 4 is 23.0 Å². The number of ether oxygens (including phenoxy) is 1. The van der Waals surface area contributed by atoms with Crippen LogP contribution in [0.3, 0.4) is 0 Å². The summed E-state index contributed by atoms with van der Waals surface area (Å²) in [5.74, 6) is 0.0860. The second kappa shape index (κ2) is 5.44. The fourth-order valence-electron chi connectivity index (χ4n) is 1.76. The Morgan fingerprint density at radius 1 is 1.44 bits per heavy atom. The van der Waals surface area contributed by atoms with Crippen molar-refractivity contribution < 1.29 is 14.3 Å². The molecule has 0 bridgehead atoms. The van der Waals surface area contributed by atoms with Crippen molar-refractivity contribution in [2.45, 2.75) is 25.5 Å². The fraction of sp³-hybridized carbons (Fsp3) is 0.385. The van der Waals surface area contributed by atoms with Crippen LogP contribution in [-0.2, 0) is 16.1 Å². The van der Waals surface area contributed by atoms with Gasteiger partial charge >= 0.3 is 5.97 Å². The fourth-order valence-corrected chi connectivity index (χ4v) is 2.80. The first-order valence-electron chi connectivity index (χ1n) is 5.82. The summed E-state index contributed by atoms with van der Waals surface area (Å²) >= 11 is 1.13. The molecule has 1 aromatic carbocycles. The molecule has 0 aliphatic carbocycles. The van der Waals surface area contributed by atoms with Crippen molar-refractivity contribution in [3.05, 3.63) is 35.9 Å². The summed E-state index contributed by atoms with van der Waals surface area (Å²) in [6.45, 7) is 2.11. The Bertz CT molecular complexity index is 449. The molecule has 4 nitrogen and oxygen atoms in total. The van der Waals surface area contributed by atoms with Gasteiger partial charge in [0.2, 0.25) is 0 Å². The molecule has 1 heterocycles. The zero-order chi connectivity index (χ0) is 13.0. The van der Waals surface area contributed by atoms with E-state index in [1.54, 1.807) is 0 Å². The molecule has 0 radical (unpaired) electrons. The van der Waals surface area contributed by atoms with E-state index in [9.17, 15) is 9.59 Å². The first-order valence-corrected chi connectivity index (χ1v) is 6.81. The van der Waals surface area contributed by atoms with Gasteiger partial charge in [0.15, 0.2) is 0 Å². The quantitative estimate of drug-likeness (QED) is 0.849. The predicted octanol–water partition coefficient (Wildman–Crippen LogP) is 2.33. The molecule has 0 saturated carbocycles. The van der Waals surface area contributed by atoms with Gasteiger partial charge < -0.3 is 10.1 Å². The molecule has 18 heavy (non-hydrogen) atoms. The summed E-state index contributed by atoms with van der Waals surface area (Å²) in [4.78, 5) is 23.3. The second-order valence-electron chi connectivity index (χ2n) is 4.20. The molecule has 1 aromatic rings. The van der Waals surface area contributed by atoms with Crippen LogP contribution in [0.2, 0.25) is 0 Å². The van der Waals surface area contributed by atoms with Crippen LogP contribution < -0.4 is 5.32 Å². The number of carbonyl (C=O) groups is 2. The second-order valence-corrected chi connectivity index (χ2v) is 5.15. The molecule has 2 rings (SSSR count). The number of amides is 1. The lowest BCUT2D eigenvalue weighted by Gasteiger charge is -2.24. The van der Waals surface area contributed by atoms with Crippen LogP contribution >= 0.6 is 11.8 Å². The molecule has 1 saturated heterocycles. The number of nitrogens with one attached hydrogen (secondary N) is 1. The van der Waals surface area contributed by atoms with Crippen LogP contribution in [0.25, 0.3) is 0 Å². The lowest BCUT2D eigenvalue weighted by molar-refractivity contribution is -0.151. The summed E-state index contributed by atoms with van der Waals surface area (Å²) in [6.07, 6.45) is 0.541. The van der Waals surface area contributed by atoms with Crippen molar-refractivity contribution in [2.24, 2.45) is 0 Å². The topological polar surface area (TPSA) is 55.4 Å². The molecule has 1 atom stereocenters. The van der Waals surface area contributed by atoms with E-state index < -0.39 is 5.54 Å². The van der Waals surface area contributed by atoms with Gasteiger partial charge in [0.1, 0.15) is 12.1 Å². The van der Waals surface area contributed by atoms with E-state index in [0.717, 1.165) is 17.3 Å². The number of rotatable bonds is 4. The molecule has 1 N–H and O–H groups in total. The molecule has 0 unspecified atom stereocenters. The zero-order valence-corrected chi connectivity index (χ0v) is 11.0. The van der Waals surface area contributed by atoms with Crippen LogP contribution in [0, 0.1) is 0 Å². The van der Waals surface area contributed by atoms with E-state index in [1.165, 1.54) is 0 Å². The number of esters is 1. The maximum absolute atomic E-state index is 12.1. The number of thioether (sulfide) groups is 1. The van der Waals surface area contributed by atoms with E-state index in [1.807, 2.05) is 37.3 Å². The number of hydrogen-bond donors (Lipinski definition) is 1. The SMILES string of the molecule is CC[C@]1(C(=O)OCc2ccccc2)CSC(=O)N1. The highest BCUT2D eigenvalue weighted by Gasteiger charge is 2.45. The Morgan fingerprint density at radius 3 is 2.72 bits per heavy atom. The van der Waals surface area contributed by atoms with Crippen LogP contribution in [0.15, 0.2) is 30.3 Å². The molecule has 0 aromatic heterocycles. The summed E-state index contributed by atoms with van der Waals surface area (Å²) in [5, 5.41) is 2.54. The molecule has 1 fully saturated rings. The molecule has 96 valence electrons. The molecule has 1 aliphatic rings. The minimum absolute atomic E-state index is 0.159. The van der Waals surface area contributed by atoms with Gasteiger partial charge in [0.25, 0.3) is 5.24 Å². The van der Waals surface area contributed by atoms with Gasteiger partial charge in [-0.05, 0) is 12.0 Å². The maximum atomic E-state index is 12.1. The van der Waals surface area contributed by atoms with Crippen molar-refractivity contribution in [1.29, 1.82) is 0 Å². The van der Waals surface area contributed by atoms with E-state index in [4.69, 9.17) is 4.74 Å². The minimum Gasteiger partial charge on any atom is -0.459 e. The third-order valence-corrected chi connectivity index (χ3v) is 4.00. The smallest absolute Gasteiger partial charge is 0.333 e. The van der Waals surface area contributed by atoms with Gasteiger partial charge in [-0.25, -0.2) is 4.79 Å². The lowest BCUT2D eigenvalue weighted by Crippen LogP contribution is -2.51. The van der Waals surface area contributed by atoms with Crippen molar-refractivity contribution in [2.75, 3.05) is 5.75 Å². The van der Waals surface area contributed by atoms with Crippen LogP contribution in [0.1, 0.15) is 18.9 Å². The maximum Gasteiger partial charge on any atom is 0.333 e. The van der Waals surface area contributed by atoms with Crippen molar-refractivity contribution in [1.82, 2.24) is 5.32 Å². The van der Waals surface area contributed by atoms with Crippen LogP contribution in [0.5, 0.6) is 0 Å². The van der Waals surface area contributed by atoms with Gasteiger partial charge in [0, 0.05) is 5.75 Å². The Labute approximate surface area is 110 Å². The average Bonchev–Trinajstić information content (AvgIpc) is 2.80. The normalized spacial score (nSPS) is 22.6. The summed E-state index contributed by atoms with van der Waals surface area (Å²) in [7, 11) is 0. The van der Waals surface area contributed by atoms with E-state index in [2.05, 4.69) is 5.32 Å². The average molecular weight is 265 g/mol. The van der Waals surface area contributed by atoms with Gasteiger partial charge in [0.05, 0.1) is 0 Å². The third kappa shape index (κ3) is 2.67. The molecular weight excluding hydrogens is 250 g/mol. The van der Waals surface area contributed by atoms with Gasteiger partial charge in [-0.2, -0.15) is 0 Å². The summed E-state index contributed by atoms with van der Waals surface area (Å²) < 4.78 is 5.29.